The van der Waals surface area contributed by atoms with Crippen LogP contribution in [0.1, 0.15) is 25.7 Å². The van der Waals surface area contributed by atoms with Crippen molar-refractivity contribution in [1.29, 1.82) is 0 Å². The zero-order valence-electron chi connectivity index (χ0n) is 15.6. The van der Waals surface area contributed by atoms with Gasteiger partial charge in [-0.15, -0.1) is 0 Å². The standard InChI is InChI=1S/2C8H22N4/c2*9-3-1-5-11-7-8-12-6-2-4-10/h2*11-12H,1-10H2. The molecule has 0 amide bonds. The van der Waals surface area contributed by atoms with E-state index in [1.807, 2.05) is 0 Å². The minimum Gasteiger partial charge on any atom is -0.330 e. The summed E-state index contributed by atoms with van der Waals surface area (Å²) in [6.45, 7) is 11.3. The number of hydrogen-bond donors (Lipinski definition) is 8. The van der Waals surface area contributed by atoms with E-state index in [-0.39, 0.29) is 0 Å². The highest BCUT2D eigenvalue weighted by Gasteiger charge is 1.87. The maximum Gasteiger partial charge on any atom is 0.00767 e. The highest BCUT2D eigenvalue weighted by molar-refractivity contribution is 4.53. The van der Waals surface area contributed by atoms with Crippen LogP contribution in [0.5, 0.6) is 0 Å². The van der Waals surface area contributed by atoms with E-state index in [1.165, 1.54) is 0 Å². The minimum atomic E-state index is 0.771. The SMILES string of the molecule is NCCCNCCNCCCN.NCCCNCCNCCCN. The lowest BCUT2D eigenvalue weighted by Crippen LogP contribution is -2.29. The zero-order valence-corrected chi connectivity index (χ0v) is 15.6. The molecule has 0 heterocycles. The normalized spacial score (nSPS) is 10.5. The summed E-state index contributed by atoms with van der Waals surface area (Å²) >= 11 is 0. The van der Waals surface area contributed by atoms with Crippen molar-refractivity contribution in [2.45, 2.75) is 25.7 Å². The predicted octanol–water partition coefficient (Wildman–Crippen LogP) is -2.27. The van der Waals surface area contributed by atoms with Crippen molar-refractivity contribution in [3.63, 3.8) is 0 Å². The van der Waals surface area contributed by atoms with E-state index in [1.54, 1.807) is 0 Å². The van der Waals surface area contributed by atoms with Gasteiger partial charge in [0.15, 0.2) is 0 Å². The Bertz CT molecular complexity index is 155. The molecule has 0 aromatic heterocycles. The summed E-state index contributed by atoms with van der Waals surface area (Å²) in [5.74, 6) is 0. The Hall–Kier alpha value is -0.320. The smallest absolute Gasteiger partial charge is 0.00767 e. The first-order valence-corrected chi connectivity index (χ1v) is 9.46. The van der Waals surface area contributed by atoms with Crippen LogP contribution in [-0.4, -0.2) is 78.5 Å². The average Bonchev–Trinajstić information content (AvgIpc) is 2.60. The van der Waals surface area contributed by atoms with Crippen LogP contribution in [0.3, 0.4) is 0 Å². The second-order valence-corrected chi connectivity index (χ2v) is 5.57. The van der Waals surface area contributed by atoms with Crippen molar-refractivity contribution < 1.29 is 0 Å². The van der Waals surface area contributed by atoms with Gasteiger partial charge in [-0.05, 0) is 78.0 Å². The van der Waals surface area contributed by atoms with Crippen molar-refractivity contribution in [2.75, 3.05) is 78.5 Å². The Morgan fingerprint density at radius 3 is 0.708 bits per heavy atom. The van der Waals surface area contributed by atoms with Gasteiger partial charge in [-0.3, -0.25) is 0 Å². The summed E-state index contributed by atoms with van der Waals surface area (Å²) in [4.78, 5) is 0. The molecular formula is C16H44N8. The third kappa shape index (κ3) is 29.7. The molecule has 0 radical (unpaired) electrons. The fourth-order valence-corrected chi connectivity index (χ4v) is 1.76. The van der Waals surface area contributed by atoms with E-state index in [2.05, 4.69) is 21.3 Å². The maximum absolute atomic E-state index is 5.34. The third-order valence-corrected chi connectivity index (χ3v) is 3.19. The number of nitrogens with one attached hydrogen (secondary N) is 4. The molecule has 0 atom stereocenters. The van der Waals surface area contributed by atoms with Crippen LogP contribution >= 0.6 is 0 Å². The molecule has 0 aliphatic rings. The first kappa shape index (κ1) is 25.9. The molecule has 0 aromatic carbocycles. The molecule has 24 heavy (non-hydrogen) atoms. The second-order valence-electron chi connectivity index (χ2n) is 5.57. The van der Waals surface area contributed by atoms with E-state index in [9.17, 15) is 0 Å². The molecule has 148 valence electrons. The Morgan fingerprint density at radius 1 is 0.333 bits per heavy atom. The number of nitrogens with two attached hydrogens (primary N) is 4. The molecule has 12 N–H and O–H groups in total. The van der Waals surface area contributed by atoms with E-state index >= 15 is 0 Å². The van der Waals surface area contributed by atoms with Gasteiger partial charge in [-0.1, -0.05) is 0 Å². The van der Waals surface area contributed by atoms with Crippen molar-refractivity contribution in [2.24, 2.45) is 22.9 Å². The fourth-order valence-electron chi connectivity index (χ4n) is 1.76. The van der Waals surface area contributed by atoms with Crippen LogP contribution in [0.2, 0.25) is 0 Å². The van der Waals surface area contributed by atoms with E-state index < -0.39 is 0 Å². The van der Waals surface area contributed by atoms with Crippen LogP contribution in [0.15, 0.2) is 0 Å². The van der Waals surface area contributed by atoms with Crippen LogP contribution in [-0.2, 0) is 0 Å². The molecule has 8 heteroatoms. The van der Waals surface area contributed by atoms with Crippen LogP contribution in [0.4, 0.5) is 0 Å². The Kier molecular flexibility index (Phi) is 29.7. The van der Waals surface area contributed by atoms with Gasteiger partial charge in [0.25, 0.3) is 0 Å². The number of hydrogen-bond acceptors (Lipinski definition) is 8. The predicted molar refractivity (Wildman–Crippen MR) is 106 cm³/mol. The summed E-state index contributed by atoms with van der Waals surface area (Å²) in [7, 11) is 0. The second kappa shape index (κ2) is 27.5. The molecule has 8 nitrogen and oxygen atoms in total. The fraction of sp³-hybridized carbons (Fsp3) is 1.00. The van der Waals surface area contributed by atoms with Gasteiger partial charge in [0.2, 0.25) is 0 Å². The molecule has 0 bridgehead atoms. The van der Waals surface area contributed by atoms with Crippen molar-refractivity contribution in [3.05, 3.63) is 0 Å². The first-order chi connectivity index (χ1) is 11.8. The molecule has 0 aliphatic carbocycles. The van der Waals surface area contributed by atoms with Crippen LogP contribution < -0.4 is 44.2 Å². The minimum absolute atomic E-state index is 0.771. The molecule has 0 aliphatic heterocycles. The van der Waals surface area contributed by atoms with Gasteiger partial charge in [0.05, 0.1) is 0 Å². The molecule has 0 unspecified atom stereocenters. The van der Waals surface area contributed by atoms with Crippen molar-refractivity contribution >= 4 is 0 Å². The summed E-state index contributed by atoms with van der Waals surface area (Å²) in [6.07, 6.45) is 4.23. The molecule has 0 saturated heterocycles. The lowest BCUT2D eigenvalue weighted by molar-refractivity contribution is 0.590. The van der Waals surface area contributed by atoms with E-state index in [4.69, 9.17) is 22.9 Å². The highest BCUT2D eigenvalue weighted by atomic mass is 14.9. The molecule has 0 aromatic rings. The Balaban J connectivity index is 0. The number of rotatable bonds is 18. The van der Waals surface area contributed by atoms with Crippen LogP contribution in [0.25, 0.3) is 0 Å². The zero-order chi connectivity index (χ0) is 18.1. The molecule has 0 saturated carbocycles. The summed E-state index contributed by atoms with van der Waals surface area (Å²) in [5.41, 5.74) is 21.4. The van der Waals surface area contributed by atoms with Crippen molar-refractivity contribution in [1.82, 2.24) is 21.3 Å². The largest absolute Gasteiger partial charge is 0.330 e. The topological polar surface area (TPSA) is 152 Å². The van der Waals surface area contributed by atoms with Gasteiger partial charge < -0.3 is 44.2 Å². The van der Waals surface area contributed by atoms with Gasteiger partial charge in [0.1, 0.15) is 0 Å². The summed E-state index contributed by atoms with van der Waals surface area (Å²) < 4.78 is 0. The van der Waals surface area contributed by atoms with Crippen LogP contribution in [0, 0.1) is 0 Å². The Morgan fingerprint density at radius 2 is 0.542 bits per heavy atom. The molecule has 0 fully saturated rings. The highest BCUT2D eigenvalue weighted by Crippen LogP contribution is 1.71. The van der Waals surface area contributed by atoms with Gasteiger partial charge in [-0.2, -0.15) is 0 Å². The lowest BCUT2D eigenvalue weighted by atomic mass is 10.4. The van der Waals surface area contributed by atoms with E-state index in [0.29, 0.717) is 0 Å². The van der Waals surface area contributed by atoms with E-state index in [0.717, 1.165) is 104 Å². The Labute approximate surface area is 149 Å². The molecular weight excluding hydrogens is 304 g/mol. The third-order valence-electron chi connectivity index (χ3n) is 3.19. The molecule has 0 rings (SSSR count). The van der Waals surface area contributed by atoms with Gasteiger partial charge in [-0.25, -0.2) is 0 Å². The van der Waals surface area contributed by atoms with Gasteiger partial charge >= 0.3 is 0 Å². The summed E-state index contributed by atoms with van der Waals surface area (Å²) in [6, 6.07) is 0. The first-order valence-electron chi connectivity index (χ1n) is 9.46. The average molecular weight is 349 g/mol. The lowest BCUT2D eigenvalue weighted by Gasteiger charge is -2.04. The summed E-state index contributed by atoms with van der Waals surface area (Å²) in [5, 5.41) is 13.2. The monoisotopic (exact) mass is 348 g/mol. The quantitative estimate of drug-likeness (QED) is 0.129. The maximum atomic E-state index is 5.34. The van der Waals surface area contributed by atoms with Crippen molar-refractivity contribution in [3.8, 4) is 0 Å². The molecule has 0 spiro atoms. The van der Waals surface area contributed by atoms with Gasteiger partial charge in [0, 0.05) is 26.2 Å².